The molecule has 1 fully saturated rings. The average Bonchev–Trinajstić information content (AvgIpc) is 3.13. The first kappa shape index (κ1) is 13.2. The van der Waals surface area contributed by atoms with Crippen LogP contribution in [0, 0.1) is 13.8 Å². The Bertz CT molecular complexity index is 462. The Morgan fingerprint density at radius 3 is 2.11 bits per heavy atom. The minimum atomic E-state index is 0.0804. The minimum absolute atomic E-state index is 0.0804. The molecule has 1 saturated carbocycles. The van der Waals surface area contributed by atoms with Crippen LogP contribution >= 0.6 is 0 Å². The Labute approximate surface area is 109 Å². The molecule has 18 heavy (non-hydrogen) atoms. The molecule has 0 saturated heterocycles. The Morgan fingerprint density at radius 2 is 1.72 bits per heavy atom. The van der Waals surface area contributed by atoms with Gasteiger partial charge in [0, 0.05) is 17.0 Å². The fourth-order valence-corrected chi connectivity index (χ4v) is 2.78. The normalized spacial score (nSPS) is 18.3. The SMILES string of the molecule is COc1c(C2(C(C)N)CC2)cc(C)c(C)c1OC. The van der Waals surface area contributed by atoms with E-state index in [-0.39, 0.29) is 11.5 Å². The van der Waals surface area contributed by atoms with Crippen molar-refractivity contribution in [2.45, 2.75) is 45.1 Å². The summed E-state index contributed by atoms with van der Waals surface area (Å²) in [4.78, 5) is 0. The number of rotatable bonds is 4. The standard InChI is InChI=1S/C15H23NO2/c1-9-8-12(15(6-7-15)11(3)16)14(18-5)13(17-4)10(9)2/h8,11H,6-7,16H2,1-5H3. The molecule has 1 aliphatic rings. The van der Waals surface area contributed by atoms with Crippen molar-refractivity contribution in [3.05, 3.63) is 22.8 Å². The van der Waals surface area contributed by atoms with Crippen LogP contribution in [0.4, 0.5) is 0 Å². The maximum atomic E-state index is 6.17. The first-order valence-corrected chi connectivity index (χ1v) is 6.46. The van der Waals surface area contributed by atoms with Gasteiger partial charge in [0.25, 0.3) is 0 Å². The molecule has 3 nitrogen and oxygen atoms in total. The Balaban J connectivity index is 2.64. The van der Waals surface area contributed by atoms with Gasteiger partial charge in [-0.25, -0.2) is 0 Å². The van der Waals surface area contributed by atoms with Crippen molar-refractivity contribution < 1.29 is 9.47 Å². The first-order chi connectivity index (χ1) is 8.47. The van der Waals surface area contributed by atoms with E-state index < -0.39 is 0 Å². The first-order valence-electron chi connectivity index (χ1n) is 6.46. The number of hydrogen-bond acceptors (Lipinski definition) is 3. The number of aryl methyl sites for hydroxylation is 1. The molecule has 0 radical (unpaired) electrons. The lowest BCUT2D eigenvalue weighted by atomic mass is 9.86. The number of hydrogen-bond donors (Lipinski definition) is 1. The van der Waals surface area contributed by atoms with Crippen molar-refractivity contribution in [2.24, 2.45) is 5.73 Å². The third-order valence-corrected chi connectivity index (χ3v) is 4.35. The van der Waals surface area contributed by atoms with Crippen molar-refractivity contribution in [2.75, 3.05) is 14.2 Å². The number of ether oxygens (including phenoxy) is 2. The summed E-state index contributed by atoms with van der Waals surface area (Å²) in [6, 6.07) is 2.35. The van der Waals surface area contributed by atoms with Crippen LogP contribution in [0.3, 0.4) is 0 Å². The zero-order valence-electron chi connectivity index (χ0n) is 12.0. The summed E-state index contributed by atoms with van der Waals surface area (Å²) < 4.78 is 11.1. The zero-order valence-corrected chi connectivity index (χ0v) is 12.0. The van der Waals surface area contributed by atoms with Crippen LogP contribution < -0.4 is 15.2 Å². The second kappa shape index (κ2) is 4.47. The third kappa shape index (κ3) is 1.77. The lowest BCUT2D eigenvalue weighted by Crippen LogP contribution is -2.32. The second-order valence-electron chi connectivity index (χ2n) is 5.38. The van der Waals surface area contributed by atoms with Gasteiger partial charge < -0.3 is 15.2 Å². The molecule has 100 valence electrons. The number of methoxy groups -OCH3 is 2. The van der Waals surface area contributed by atoms with Gasteiger partial charge in [-0.05, 0) is 44.7 Å². The highest BCUT2D eigenvalue weighted by atomic mass is 16.5. The highest BCUT2D eigenvalue weighted by Crippen LogP contribution is 2.55. The maximum Gasteiger partial charge on any atom is 0.164 e. The fourth-order valence-electron chi connectivity index (χ4n) is 2.78. The lowest BCUT2D eigenvalue weighted by Gasteiger charge is -2.25. The highest BCUT2D eigenvalue weighted by Gasteiger charge is 2.49. The average molecular weight is 249 g/mol. The Hall–Kier alpha value is -1.22. The van der Waals surface area contributed by atoms with Crippen LogP contribution in [0.1, 0.15) is 36.5 Å². The molecule has 1 aromatic carbocycles. The Kier molecular flexibility index (Phi) is 3.28. The van der Waals surface area contributed by atoms with Gasteiger partial charge in [-0.2, -0.15) is 0 Å². The smallest absolute Gasteiger partial charge is 0.164 e. The second-order valence-corrected chi connectivity index (χ2v) is 5.38. The molecule has 0 aromatic heterocycles. The van der Waals surface area contributed by atoms with E-state index in [4.69, 9.17) is 15.2 Å². The van der Waals surface area contributed by atoms with Crippen LogP contribution in [0.2, 0.25) is 0 Å². The molecule has 0 bridgehead atoms. The lowest BCUT2D eigenvalue weighted by molar-refractivity contribution is 0.343. The topological polar surface area (TPSA) is 44.5 Å². The third-order valence-electron chi connectivity index (χ3n) is 4.35. The van der Waals surface area contributed by atoms with E-state index in [2.05, 4.69) is 26.8 Å². The summed E-state index contributed by atoms with van der Waals surface area (Å²) in [6.45, 7) is 6.25. The van der Waals surface area contributed by atoms with E-state index >= 15 is 0 Å². The highest BCUT2D eigenvalue weighted by molar-refractivity contribution is 5.59. The zero-order chi connectivity index (χ0) is 13.5. The van der Waals surface area contributed by atoms with E-state index in [1.807, 2.05) is 0 Å². The fraction of sp³-hybridized carbons (Fsp3) is 0.600. The van der Waals surface area contributed by atoms with Crippen LogP contribution in [0.25, 0.3) is 0 Å². The largest absolute Gasteiger partial charge is 0.493 e. The van der Waals surface area contributed by atoms with Crippen molar-refractivity contribution in [1.29, 1.82) is 0 Å². The maximum absolute atomic E-state index is 6.17. The molecule has 1 atom stereocenters. The van der Waals surface area contributed by atoms with E-state index in [0.717, 1.165) is 29.9 Å². The molecular formula is C15H23NO2. The Morgan fingerprint density at radius 1 is 1.17 bits per heavy atom. The van der Waals surface area contributed by atoms with Gasteiger partial charge in [-0.15, -0.1) is 0 Å². The van der Waals surface area contributed by atoms with Crippen molar-refractivity contribution in [3.63, 3.8) is 0 Å². The molecule has 1 aliphatic carbocycles. The van der Waals surface area contributed by atoms with Gasteiger partial charge in [0.05, 0.1) is 14.2 Å². The summed E-state index contributed by atoms with van der Waals surface area (Å²) >= 11 is 0. The van der Waals surface area contributed by atoms with Gasteiger partial charge in [0.1, 0.15) is 0 Å². The van der Waals surface area contributed by atoms with E-state index in [1.165, 1.54) is 11.1 Å². The predicted octanol–water partition coefficient (Wildman–Crippen LogP) is 2.70. The van der Waals surface area contributed by atoms with Gasteiger partial charge in [0.15, 0.2) is 11.5 Å². The van der Waals surface area contributed by atoms with Gasteiger partial charge in [-0.3, -0.25) is 0 Å². The van der Waals surface area contributed by atoms with Crippen LogP contribution in [0.15, 0.2) is 6.07 Å². The van der Waals surface area contributed by atoms with Gasteiger partial charge in [0.2, 0.25) is 0 Å². The summed E-state index contributed by atoms with van der Waals surface area (Å²) in [7, 11) is 3.40. The van der Waals surface area contributed by atoms with Crippen LogP contribution in [-0.2, 0) is 5.41 Å². The van der Waals surface area contributed by atoms with E-state index in [0.29, 0.717) is 0 Å². The summed E-state index contributed by atoms with van der Waals surface area (Å²) in [6.07, 6.45) is 2.26. The van der Waals surface area contributed by atoms with E-state index in [1.54, 1.807) is 14.2 Å². The molecule has 1 unspecified atom stereocenters. The summed E-state index contributed by atoms with van der Waals surface area (Å²) in [5.41, 5.74) is 9.83. The molecule has 0 heterocycles. The summed E-state index contributed by atoms with van der Waals surface area (Å²) in [5.74, 6) is 1.70. The van der Waals surface area contributed by atoms with Crippen molar-refractivity contribution in [3.8, 4) is 11.5 Å². The molecule has 2 rings (SSSR count). The molecular weight excluding hydrogens is 226 g/mol. The molecule has 2 N–H and O–H groups in total. The van der Waals surface area contributed by atoms with Crippen LogP contribution in [0.5, 0.6) is 11.5 Å². The monoisotopic (exact) mass is 249 g/mol. The molecule has 0 spiro atoms. The molecule has 0 aliphatic heterocycles. The van der Waals surface area contributed by atoms with Gasteiger partial charge in [-0.1, -0.05) is 6.07 Å². The van der Waals surface area contributed by atoms with Crippen molar-refractivity contribution in [1.82, 2.24) is 0 Å². The molecule has 1 aromatic rings. The summed E-state index contributed by atoms with van der Waals surface area (Å²) in [5, 5.41) is 0. The number of nitrogens with two attached hydrogens (primary N) is 1. The van der Waals surface area contributed by atoms with E-state index in [9.17, 15) is 0 Å². The van der Waals surface area contributed by atoms with Crippen LogP contribution in [-0.4, -0.2) is 20.3 Å². The molecule has 0 amide bonds. The predicted molar refractivity (Wildman–Crippen MR) is 73.6 cm³/mol. The molecule has 3 heteroatoms. The van der Waals surface area contributed by atoms with Crippen molar-refractivity contribution >= 4 is 0 Å². The van der Waals surface area contributed by atoms with Gasteiger partial charge >= 0.3 is 0 Å². The number of benzene rings is 1. The quantitative estimate of drug-likeness (QED) is 0.892. The minimum Gasteiger partial charge on any atom is -0.493 e.